The Morgan fingerprint density at radius 1 is 1.00 bits per heavy atom. The van der Waals surface area contributed by atoms with Gasteiger partial charge >= 0.3 is 0 Å². The molecule has 20 heavy (non-hydrogen) atoms. The third-order valence-corrected chi connectivity index (χ3v) is 2.93. The summed E-state index contributed by atoms with van der Waals surface area (Å²) in [6.07, 6.45) is 0. The Bertz CT molecular complexity index is 714. The molecule has 0 amide bonds. The zero-order valence-electron chi connectivity index (χ0n) is 10.9. The molecule has 2 aromatic rings. The van der Waals surface area contributed by atoms with Gasteiger partial charge in [-0.15, -0.1) is 10.2 Å². The van der Waals surface area contributed by atoms with Crippen LogP contribution in [0.2, 0.25) is 0 Å². The summed E-state index contributed by atoms with van der Waals surface area (Å²) < 4.78 is 32.5. The Hall–Kier alpha value is -2.50. The maximum absolute atomic E-state index is 13.7. The van der Waals surface area contributed by atoms with Crippen LogP contribution in [0.25, 0.3) is 0 Å². The van der Waals surface area contributed by atoms with Gasteiger partial charge in [-0.3, -0.25) is 0 Å². The molecule has 0 bridgehead atoms. The molecule has 0 aromatic heterocycles. The average Bonchev–Trinajstić information content (AvgIpc) is 2.56. The second-order valence-electron chi connectivity index (χ2n) is 4.58. The zero-order valence-corrected chi connectivity index (χ0v) is 10.9. The first-order chi connectivity index (χ1) is 9.54. The van der Waals surface area contributed by atoms with Gasteiger partial charge in [-0.05, 0) is 12.1 Å². The van der Waals surface area contributed by atoms with Crippen LogP contribution < -0.4 is 9.64 Å². The highest BCUT2D eigenvalue weighted by atomic mass is 19.1. The van der Waals surface area contributed by atoms with Crippen LogP contribution in [0.1, 0.15) is 0 Å². The summed E-state index contributed by atoms with van der Waals surface area (Å²) in [6.45, 7) is 0. The van der Waals surface area contributed by atoms with Gasteiger partial charge < -0.3 is 9.64 Å². The van der Waals surface area contributed by atoms with E-state index in [0.717, 1.165) is 17.8 Å². The van der Waals surface area contributed by atoms with Crippen molar-refractivity contribution in [3.63, 3.8) is 0 Å². The smallest absolute Gasteiger partial charge is 0.164 e. The van der Waals surface area contributed by atoms with Gasteiger partial charge in [0, 0.05) is 38.0 Å². The van der Waals surface area contributed by atoms with Crippen LogP contribution in [0, 0.1) is 11.6 Å². The maximum atomic E-state index is 13.7. The maximum Gasteiger partial charge on any atom is 0.164 e. The number of nitrogens with zero attached hydrogens (tertiary/aromatic N) is 3. The van der Waals surface area contributed by atoms with Crippen LogP contribution in [-0.4, -0.2) is 14.1 Å². The highest BCUT2D eigenvalue weighted by Gasteiger charge is 2.18. The number of hydrogen-bond acceptors (Lipinski definition) is 4. The fourth-order valence-corrected chi connectivity index (χ4v) is 1.88. The normalized spacial score (nSPS) is 12.2. The van der Waals surface area contributed by atoms with Gasteiger partial charge in [0.05, 0.1) is 0 Å². The summed E-state index contributed by atoms with van der Waals surface area (Å²) in [6, 6.07) is 7.14. The van der Waals surface area contributed by atoms with E-state index in [-0.39, 0.29) is 11.4 Å². The number of azo groups is 1. The summed E-state index contributed by atoms with van der Waals surface area (Å²) in [7, 11) is 3.76. The molecule has 3 rings (SSSR count). The van der Waals surface area contributed by atoms with Crippen LogP contribution in [-0.2, 0) is 0 Å². The number of anilines is 1. The summed E-state index contributed by atoms with van der Waals surface area (Å²) >= 11 is 0. The van der Waals surface area contributed by atoms with Crippen molar-refractivity contribution in [1.29, 1.82) is 0 Å². The molecular formula is C14H11F2N3O. The molecule has 0 N–H and O–H groups in total. The second-order valence-corrected chi connectivity index (χ2v) is 4.58. The first-order valence-electron chi connectivity index (χ1n) is 5.94. The van der Waals surface area contributed by atoms with Crippen LogP contribution in [0.3, 0.4) is 0 Å². The molecule has 0 saturated carbocycles. The van der Waals surface area contributed by atoms with E-state index in [4.69, 9.17) is 4.74 Å². The van der Waals surface area contributed by atoms with Crippen LogP contribution >= 0.6 is 0 Å². The molecule has 0 spiro atoms. The molecule has 102 valence electrons. The lowest BCUT2D eigenvalue weighted by Gasteiger charge is -2.14. The molecule has 4 nitrogen and oxygen atoms in total. The fraction of sp³-hybridized carbons (Fsp3) is 0.143. The van der Waals surface area contributed by atoms with E-state index in [1.165, 1.54) is 0 Å². The number of benzene rings is 2. The number of hydrogen-bond donors (Lipinski definition) is 0. The minimum absolute atomic E-state index is 0.0147. The van der Waals surface area contributed by atoms with E-state index in [9.17, 15) is 8.78 Å². The Kier molecular flexibility index (Phi) is 2.85. The average molecular weight is 275 g/mol. The largest absolute Gasteiger partial charge is 0.452 e. The molecule has 1 aliphatic heterocycles. The first kappa shape index (κ1) is 12.5. The second kappa shape index (κ2) is 4.56. The minimum Gasteiger partial charge on any atom is -0.452 e. The van der Waals surface area contributed by atoms with E-state index in [0.29, 0.717) is 11.4 Å². The van der Waals surface area contributed by atoms with E-state index in [2.05, 4.69) is 10.2 Å². The van der Waals surface area contributed by atoms with Crippen LogP contribution in [0.15, 0.2) is 40.6 Å². The molecule has 0 fully saturated rings. The quantitative estimate of drug-likeness (QED) is 0.653. The van der Waals surface area contributed by atoms with Gasteiger partial charge in [0.25, 0.3) is 0 Å². The Morgan fingerprint density at radius 2 is 1.80 bits per heavy atom. The van der Waals surface area contributed by atoms with E-state index >= 15 is 0 Å². The van der Waals surface area contributed by atoms with Crippen molar-refractivity contribution in [3.8, 4) is 11.5 Å². The third kappa shape index (κ3) is 2.09. The highest BCUT2D eigenvalue weighted by Crippen LogP contribution is 2.43. The van der Waals surface area contributed by atoms with Crippen molar-refractivity contribution in [1.82, 2.24) is 0 Å². The molecule has 0 atom stereocenters. The molecule has 0 saturated heterocycles. The Balaban J connectivity index is 2.14. The van der Waals surface area contributed by atoms with Gasteiger partial charge in [0.1, 0.15) is 11.5 Å². The van der Waals surface area contributed by atoms with E-state index < -0.39 is 11.6 Å². The molecule has 1 heterocycles. The SMILES string of the molecule is CN(C)c1ccc2c(c1)Oc1cc(F)cc(F)c1N=N2. The number of halogens is 2. The van der Waals surface area contributed by atoms with Crippen molar-refractivity contribution in [2.75, 3.05) is 19.0 Å². The molecule has 0 aliphatic carbocycles. The summed E-state index contributed by atoms with van der Waals surface area (Å²) in [5, 5.41) is 7.73. The number of ether oxygens (including phenoxy) is 1. The lowest BCUT2D eigenvalue weighted by Crippen LogP contribution is -2.08. The van der Waals surface area contributed by atoms with Gasteiger partial charge in [-0.1, -0.05) is 0 Å². The molecular weight excluding hydrogens is 264 g/mol. The molecule has 1 aliphatic rings. The van der Waals surface area contributed by atoms with E-state index in [1.54, 1.807) is 12.1 Å². The predicted molar refractivity (Wildman–Crippen MR) is 71.4 cm³/mol. The number of rotatable bonds is 1. The van der Waals surface area contributed by atoms with Gasteiger partial charge in [-0.2, -0.15) is 0 Å². The predicted octanol–water partition coefficient (Wildman–Crippen LogP) is 4.55. The van der Waals surface area contributed by atoms with Crippen molar-refractivity contribution >= 4 is 17.1 Å². The molecule has 6 heteroatoms. The molecule has 2 aromatic carbocycles. The van der Waals surface area contributed by atoms with Crippen molar-refractivity contribution in [2.45, 2.75) is 0 Å². The van der Waals surface area contributed by atoms with Gasteiger partial charge in [-0.25, -0.2) is 8.78 Å². The standard InChI is InChI=1S/C14H11F2N3O/c1-19(2)9-3-4-11-12(7-9)20-13-6-8(15)5-10(16)14(13)18-17-11/h3-7H,1-2H3. The summed E-state index contributed by atoms with van der Waals surface area (Å²) in [4.78, 5) is 1.89. The fourth-order valence-electron chi connectivity index (χ4n) is 1.88. The third-order valence-electron chi connectivity index (χ3n) is 2.93. The van der Waals surface area contributed by atoms with Crippen molar-refractivity contribution in [3.05, 3.63) is 42.0 Å². The van der Waals surface area contributed by atoms with Crippen LogP contribution in [0.4, 0.5) is 25.8 Å². The molecule has 0 radical (unpaired) electrons. The van der Waals surface area contributed by atoms with Crippen LogP contribution in [0.5, 0.6) is 11.5 Å². The Labute approximate surface area is 114 Å². The summed E-state index contributed by atoms with van der Waals surface area (Å²) in [5.41, 5.74) is 1.25. The lowest BCUT2D eigenvalue weighted by atomic mass is 10.2. The first-order valence-corrected chi connectivity index (χ1v) is 5.94. The zero-order chi connectivity index (χ0) is 14.3. The summed E-state index contributed by atoms with van der Waals surface area (Å²) in [5.74, 6) is -1.10. The topological polar surface area (TPSA) is 37.2 Å². The van der Waals surface area contributed by atoms with Gasteiger partial charge in [0.15, 0.2) is 23.0 Å². The lowest BCUT2D eigenvalue weighted by molar-refractivity contribution is 0.475. The highest BCUT2D eigenvalue weighted by molar-refractivity contribution is 5.65. The number of fused-ring (bicyclic) bond motifs is 2. The minimum atomic E-state index is -0.801. The van der Waals surface area contributed by atoms with Crippen molar-refractivity contribution in [2.24, 2.45) is 10.2 Å². The molecule has 0 unspecified atom stereocenters. The monoisotopic (exact) mass is 275 g/mol. The van der Waals surface area contributed by atoms with Crippen molar-refractivity contribution < 1.29 is 13.5 Å². The van der Waals surface area contributed by atoms with E-state index in [1.807, 2.05) is 25.1 Å². The Morgan fingerprint density at radius 3 is 2.55 bits per heavy atom. The van der Waals surface area contributed by atoms with Gasteiger partial charge in [0.2, 0.25) is 0 Å².